The second kappa shape index (κ2) is 7.73. The highest BCUT2D eigenvalue weighted by atomic mass is 16.1. The third kappa shape index (κ3) is 3.46. The molecule has 0 bridgehead atoms. The maximum Gasteiger partial charge on any atom is 0.261 e. The summed E-state index contributed by atoms with van der Waals surface area (Å²) >= 11 is 0. The molecule has 2 heterocycles. The lowest BCUT2D eigenvalue weighted by atomic mass is 10.0. The lowest BCUT2D eigenvalue weighted by Crippen LogP contribution is -2.18. The standard InChI is InChI=1S/C19H18N2O.C2H6/c1-13-7-6-8-16(14(13)2)10-11-17-15(3)19(22)21-12-5-4-9-18(21)20-17;1-2/h4-12H,1-3H3;1-2H3/b11-10+;. The van der Waals surface area contributed by atoms with Gasteiger partial charge in [-0.15, -0.1) is 0 Å². The van der Waals surface area contributed by atoms with Gasteiger partial charge in [0.1, 0.15) is 5.65 Å². The number of pyridine rings is 1. The minimum Gasteiger partial charge on any atom is -0.269 e. The van der Waals surface area contributed by atoms with Crippen LogP contribution in [0.3, 0.4) is 0 Å². The van der Waals surface area contributed by atoms with Gasteiger partial charge in [-0.25, -0.2) is 4.98 Å². The fraction of sp³-hybridized carbons (Fsp3) is 0.238. The highest BCUT2D eigenvalue weighted by Crippen LogP contribution is 2.16. The van der Waals surface area contributed by atoms with E-state index in [4.69, 9.17) is 0 Å². The predicted octanol–water partition coefficient (Wildman–Crippen LogP) is 4.82. The second-order valence-electron chi connectivity index (χ2n) is 5.48. The first-order chi connectivity index (χ1) is 11.6. The van der Waals surface area contributed by atoms with Crippen LogP contribution in [0.2, 0.25) is 0 Å². The number of hydrogen-bond donors (Lipinski definition) is 0. The molecule has 2 aromatic heterocycles. The molecule has 0 aliphatic heterocycles. The van der Waals surface area contributed by atoms with E-state index in [9.17, 15) is 4.79 Å². The van der Waals surface area contributed by atoms with Crippen molar-refractivity contribution in [2.24, 2.45) is 0 Å². The Morgan fingerprint density at radius 3 is 2.42 bits per heavy atom. The fourth-order valence-electron chi connectivity index (χ4n) is 2.48. The van der Waals surface area contributed by atoms with E-state index >= 15 is 0 Å². The predicted molar refractivity (Wildman–Crippen MR) is 102 cm³/mol. The molecule has 0 atom stereocenters. The Hall–Kier alpha value is -2.68. The fourth-order valence-corrected chi connectivity index (χ4v) is 2.48. The Balaban J connectivity index is 0.00000100. The highest BCUT2D eigenvalue weighted by Gasteiger charge is 2.06. The van der Waals surface area contributed by atoms with Gasteiger partial charge in [-0.3, -0.25) is 9.20 Å². The molecular weight excluding hydrogens is 296 g/mol. The first-order valence-corrected chi connectivity index (χ1v) is 8.30. The van der Waals surface area contributed by atoms with Crippen LogP contribution in [0.4, 0.5) is 0 Å². The van der Waals surface area contributed by atoms with Gasteiger partial charge >= 0.3 is 0 Å². The molecule has 0 saturated heterocycles. The Morgan fingerprint density at radius 1 is 0.917 bits per heavy atom. The zero-order valence-corrected chi connectivity index (χ0v) is 15.0. The Bertz CT molecular complexity index is 936. The van der Waals surface area contributed by atoms with Crippen molar-refractivity contribution >= 4 is 17.8 Å². The van der Waals surface area contributed by atoms with Crippen molar-refractivity contribution in [3.8, 4) is 0 Å². The van der Waals surface area contributed by atoms with E-state index < -0.39 is 0 Å². The van der Waals surface area contributed by atoms with Gasteiger partial charge in [0.15, 0.2) is 0 Å². The molecule has 0 unspecified atom stereocenters. The minimum absolute atomic E-state index is 0.0220. The molecule has 0 aliphatic rings. The lowest BCUT2D eigenvalue weighted by Gasteiger charge is -2.06. The van der Waals surface area contributed by atoms with E-state index in [1.807, 2.05) is 57.2 Å². The van der Waals surface area contributed by atoms with Crippen molar-refractivity contribution in [1.29, 1.82) is 0 Å². The third-order valence-corrected chi connectivity index (χ3v) is 4.06. The summed E-state index contributed by atoms with van der Waals surface area (Å²) in [6.07, 6.45) is 5.69. The van der Waals surface area contributed by atoms with Crippen LogP contribution in [0, 0.1) is 20.8 Å². The van der Waals surface area contributed by atoms with Crippen molar-refractivity contribution in [2.75, 3.05) is 0 Å². The normalized spacial score (nSPS) is 10.7. The van der Waals surface area contributed by atoms with Crippen molar-refractivity contribution in [2.45, 2.75) is 34.6 Å². The number of nitrogens with zero attached hydrogens (tertiary/aromatic N) is 2. The van der Waals surface area contributed by atoms with Gasteiger partial charge < -0.3 is 0 Å². The van der Waals surface area contributed by atoms with Gasteiger partial charge in [0.05, 0.1) is 5.69 Å². The molecule has 3 aromatic rings. The zero-order valence-electron chi connectivity index (χ0n) is 15.0. The maximum absolute atomic E-state index is 12.4. The first-order valence-electron chi connectivity index (χ1n) is 8.30. The Morgan fingerprint density at radius 2 is 1.67 bits per heavy atom. The summed E-state index contributed by atoms with van der Waals surface area (Å²) in [6, 6.07) is 11.8. The van der Waals surface area contributed by atoms with E-state index in [2.05, 4.69) is 31.0 Å². The average Bonchev–Trinajstić information content (AvgIpc) is 2.62. The van der Waals surface area contributed by atoms with Crippen LogP contribution in [0.1, 0.15) is 41.8 Å². The van der Waals surface area contributed by atoms with E-state index in [0.717, 1.165) is 11.3 Å². The number of aryl methyl sites for hydroxylation is 1. The summed E-state index contributed by atoms with van der Waals surface area (Å²) in [5.41, 5.74) is 5.67. The summed E-state index contributed by atoms with van der Waals surface area (Å²) in [4.78, 5) is 16.9. The zero-order chi connectivity index (χ0) is 17.7. The van der Waals surface area contributed by atoms with E-state index in [0.29, 0.717) is 11.2 Å². The van der Waals surface area contributed by atoms with Crippen LogP contribution in [0.5, 0.6) is 0 Å². The van der Waals surface area contributed by atoms with E-state index in [1.54, 1.807) is 10.6 Å². The van der Waals surface area contributed by atoms with Gasteiger partial charge in [-0.1, -0.05) is 44.2 Å². The summed E-state index contributed by atoms with van der Waals surface area (Å²) in [5.74, 6) is 0. The van der Waals surface area contributed by atoms with Crippen LogP contribution < -0.4 is 5.56 Å². The lowest BCUT2D eigenvalue weighted by molar-refractivity contribution is 1.01. The molecule has 0 N–H and O–H groups in total. The Labute approximate surface area is 143 Å². The second-order valence-corrected chi connectivity index (χ2v) is 5.48. The van der Waals surface area contributed by atoms with Crippen molar-refractivity contribution in [3.05, 3.63) is 80.9 Å². The smallest absolute Gasteiger partial charge is 0.261 e. The summed E-state index contributed by atoms with van der Waals surface area (Å²) in [6.45, 7) is 10.0. The molecule has 0 radical (unpaired) electrons. The van der Waals surface area contributed by atoms with Crippen LogP contribution in [0.15, 0.2) is 47.4 Å². The van der Waals surface area contributed by atoms with Crippen LogP contribution in [-0.2, 0) is 0 Å². The largest absolute Gasteiger partial charge is 0.269 e. The maximum atomic E-state index is 12.4. The number of aromatic nitrogens is 2. The molecule has 3 rings (SSSR count). The van der Waals surface area contributed by atoms with Crippen LogP contribution in [0.25, 0.3) is 17.8 Å². The summed E-state index contributed by atoms with van der Waals surface area (Å²) in [5, 5.41) is 0. The van der Waals surface area contributed by atoms with Gasteiger partial charge in [0.25, 0.3) is 5.56 Å². The van der Waals surface area contributed by atoms with Crippen LogP contribution in [-0.4, -0.2) is 9.38 Å². The van der Waals surface area contributed by atoms with Crippen molar-refractivity contribution < 1.29 is 0 Å². The molecule has 0 saturated carbocycles. The summed E-state index contributed by atoms with van der Waals surface area (Å²) < 4.78 is 1.57. The van der Waals surface area contributed by atoms with E-state index in [1.165, 1.54) is 11.1 Å². The average molecular weight is 320 g/mol. The van der Waals surface area contributed by atoms with Crippen LogP contribution >= 0.6 is 0 Å². The number of rotatable bonds is 2. The molecule has 0 spiro atoms. The molecule has 3 heteroatoms. The molecular formula is C21H24N2O. The molecule has 0 aliphatic carbocycles. The molecule has 1 aromatic carbocycles. The van der Waals surface area contributed by atoms with Gasteiger partial charge in [-0.2, -0.15) is 0 Å². The molecule has 24 heavy (non-hydrogen) atoms. The van der Waals surface area contributed by atoms with Crippen molar-refractivity contribution in [3.63, 3.8) is 0 Å². The summed E-state index contributed by atoms with van der Waals surface area (Å²) in [7, 11) is 0. The number of fused-ring (bicyclic) bond motifs is 1. The van der Waals surface area contributed by atoms with Gasteiger partial charge in [0.2, 0.25) is 0 Å². The van der Waals surface area contributed by atoms with Crippen molar-refractivity contribution in [1.82, 2.24) is 9.38 Å². The highest BCUT2D eigenvalue weighted by molar-refractivity contribution is 5.72. The molecule has 3 nitrogen and oxygen atoms in total. The first kappa shape index (κ1) is 17.7. The van der Waals surface area contributed by atoms with E-state index in [-0.39, 0.29) is 5.56 Å². The van der Waals surface area contributed by atoms with Gasteiger partial charge in [-0.05, 0) is 55.7 Å². The molecule has 124 valence electrons. The third-order valence-electron chi connectivity index (χ3n) is 4.06. The minimum atomic E-state index is -0.0220. The van der Waals surface area contributed by atoms with Gasteiger partial charge in [0, 0.05) is 11.8 Å². The monoisotopic (exact) mass is 320 g/mol. The number of hydrogen-bond acceptors (Lipinski definition) is 2. The topological polar surface area (TPSA) is 34.4 Å². The number of benzene rings is 1. The Kier molecular flexibility index (Phi) is 5.69. The quantitative estimate of drug-likeness (QED) is 0.678. The molecule has 0 amide bonds. The molecule has 0 fully saturated rings. The SMILES string of the molecule is CC.Cc1cccc(/C=C/c2nc3ccccn3c(=O)c2C)c1C.